The lowest BCUT2D eigenvalue weighted by molar-refractivity contribution is 0.595. The Balaban J connectivity index is 2.12. The van der Waals surface area contributed by atoms with E-state index in [1.54, 1.807) is 13.1 Å². The molecule has 1 heterocycles. The van der Waals surface area contributed by atoms with Crippen molar-refractivity contribution in [2.45, 2.75) is 23.5 Å². The molecule has 7 heteroatoms. The standard InChI is InChI=1S/C11H14FN5S/c1-3-13-7-8-4-5-10(9(12)6-8)18-11-14-15-16-17(11)2/h4-6,13H,3,7H2,1-2H3. The highest BCUT2D eigenvalue weighted by Crippen LogP contribution is 2.27. The number of nitrogens with one attached hydrogen (secondary N) is 1. The zero-order valence-corrected chi connectivity index (χ0v) is 11.0. The first-order chi connectivity index (χ1) is 8.70. The first-order valence-electron chi connectivity index (χ1n) is 5.60. The maximum atomic E-state index is 13.9. The molecule has 0 aliphatic carbocycles. The van der Waals surface area contributed by atoms with E-state index in [1.807, 2.05) is 13.0 Å². The van der Waals surface area contributed by atoms with E-state index < -0.39 is 0 Å². The zero-order valence-electron chi connectivity index (χ0n) is 10.2. The molecule has 18 heavy (non-hydrogen) atoms. The van der Waals surface area contributed by atoms with Crippen LogP contribution in [0.4, 0.5) is 4.39 Å². The Morgan fingerprint density at radius 3 is 2.89 bits per heavy atom. The normalized spacial score (nSPS) is 10.8. The van der Waals surface area contributed by atoms with E-state index in [-0.39, 0.29) is 5.82 Å². The van der Waals surface area contributed by atoms with Gasteiger partial charge in [0.1, 0.15) is 5.82 Å². The smallest absolute Gasteiger partial charge is 0.213 e. The monoisotopic (exact) mass is 267 g/mol. The molecule has 0 aliphatic rings. The Bertz CT molecular complexity index is 528. The van der Waals surface area contributed by atoms with Gasteiger partial charge in [0.25, 0.3) is 0 Å². The van der Waals surface area contributed by atoms with E-state index in [2.05, 4.69) is 20.8 Å². The van der Waals surface area contributed by atoms with Crippen molar-refractivity contribution in [3.8, 4) is 0 Å². The van der Waals surface area contributed by atoms with Gasteiger partial charge >= 0.3 is 0 Å². The van der Waals surface area contributed by atoms with Gasteiger partial charge in [0.2, 0.25) is 5.16 Å². The van der Waals surface area contributed by atoms with Crippen LogP contribution in [-0.2, 0) is 13.6 Å². The molecule has 0 aliphatic heterocycles. The number of tetrazole rings is 1. The highest BCUT2D eigenvalue weighted by molar-refractivity contribution is 7.99. The second-order valence-electron chi connectivity index (χ2n) is 3.73. The fourth-order valence-corrected chi connectivity index (χ4v) is 2.15. The van der Waals surface area contributed by atoms with Gasteiger partial charge in [0, 0.05) is 13.6 Å². The number of hydrogen-bond acceptors (Lipinski definition) is 5. The van der Waals surface area contributed by atoms with Crippen LogP contribution < -0.4 is 5.32 Å². The summed E-state index contributed by atoms with van der Waals surface area (Å²) in [5.74, 6) is -0.251. The molecule has 0 amide bonds. The van der Waals surface area contributed by atoms with Gasteiger partial charge in [-0.25, -0.2) is 9.07 Å². The summed E-state index contributed by atoms with van der Waals surface area (Å²) in [7, 11) is 1.72. The van der Waals surface area contributed by atoms with Crippen LogP contribution in [0.3, 0.4) is 0 Å². The lowest BCUT2D eigenvalue weighted by atomic mass is 10.2. The molecule has 0 unspecified atom stereocenters. The number of benzene rings is 1. The van der Waals surface area contributed by atoms with Gasteiger partial charge in [-0.05, 0) is 46.4 Å². The Kier molecular flexibility index (Phi) is 4.27. The summed E-state index contributed by atoms with van der Waals surface area (Å²) in [6, 6.07) is 5.19. The molecular weight excluding hydrogens is 253 g/mol. The van der Waals surface area contributed by atoms with Crippen LogP contribution in [0.15, 0.2) is 28.3 Å². The van der Waals surface area contributed by atoms with E-state index in [0.29, 0.717) is 16.6 Å². The minimum Gasteiger partial charge on any atom is -0.313 e. The second kappa shape index (κ2) is 5.92. The number of aromatic nitrogens is 4. The van der Waals surface area contributed by atoms with Gasteiger partial charge in [-0.1, -0.05) is 13.0 Å². The fourth-order valence-electron chi connectivity index (χ4n) is 1.41. The third-order valence-corrected chi connectivity index (χ3v) is 3.44. The minimum atomic E-state index is -0.251. The SMILES string of the molecule is CCNCc1ccc(Sc2nnnn2C)c(F)c1. The van der Waals surface area contributed by atoms with Crippen molar-refractivity contribution < 1.29 is 4.39 Å². The van der Waals surface area contributed by atoms with Gasteiger partial charge in [-0.2, -0.15) is 0 Å². The van der Waals surface area contributed by atoms with E-state index in [4.69, 9.17) is 0 Å². The van der Waals surface area contributed by atoms with Gasteiger partial charge in [0.05, 0.1) is 4.90 Å². The molecule has 0 atom stereocenters. The summed E-state index contributed by atoms with van der Waals surface area (Å²) in [5, 5.41) is 14.7. The second-order valence-corrected chi connectivity index (χ2v) is 4.74. The Morgan fingerprint density at radius 2 is 2.28 bits per heavy atom. The molecule has 1 aromatic carbocycles. The molecule has 2 rings (SSSR count). The van der Waals surface area contributed by atoms with E-state index in [1.165, 1.54) is 22.5 Å². The van der Waals surface area contributed by atoms with Crippen molar-refractivity contribution in [1.29, 1.82) is 0 Å². The lowest BCUT2D eigenvalue weighted by Crippen LogP contribution is -2.11. The molecule has 0 fully saturated rings. The van der Waals surface area contributed by atoms with Crippen LogP contribution in [-0.4, -0.2) is 26.8 Å². The average Bonchev–Trinajstić information content (AvgIpc) is 2.75. The Morgan fingerprint density at radius 1 is 1.44 bits per heavy atom. The van der Waals surface area contributed by atoms with Gasteiger partial charge < -0.3 is 5.32 Å². The third kappa shape index (κ3) is 3.05. The number of rotatable bonds is 5. The Labute approximate surface area is 109 Å². The van der Waals surface area contributed by atoms with Crippen LogP contribution in [0.25, 0.3) is 0 Å². The van der Waals surface area contributed by atoms with Crippen LogP contribution >= 0.6 is 11.8 Å². The van der Waals surface area contributed by atoms with Crippen molar-refractivity contribution in [1.82, 2.24) is 25.5 Å². The highest BCUT2D eigenvalue weighted by Gasteiger charge is 2.09. The quantitative estimate of drug-likeness (QED) is 0.892. The summed E-state index contributed by atoms with van der Waals surface area (Å²) in [6.45, 7) is 3.55. The summed E-state index contributed by atoms with van der Waals surface area (Å²) < 4.78 is 15.4. The topological polar surface area (TPSA) is 55.6 Å². The zero-order chi connectivity index (χ0) is 13.0. The van der Waals surface area contributed by atoms with E-state index in [9.17, 15) is 4.39 Å². The van der Waals surface area contributed by atoms with Crippen molar-refractivity contribution >= 4 is 11.8 Å². The fraction of sp³-hybridized carbons (Fsp3) is 0.364. The molecule has 1 aromatic heterocycles. The highest BCUT2D eigenvalue weighted by atomic mass is 32.2. The first kappa shape index (κ1) is 13.0. The molecule has 1 N–H and O–H groups in total. The first-order valence-corrected chi connectivity index (χ1v) is 6.41. The molecule has 2 aromatic rings. The summed E-state index contributed by atoms with van der Waals surface area (Å²) >= 11 is 1.21. The summed E-state index contributed by atoms with van der Waals surface area (Å²) in [6.07, 6.45) is 0. The predicted molar refractivity (Wildman–Crippen MR) is 66.7 cm³/mol. The lowest BCUT2D eigenvalue weighted by Gasteiger charge is -2.05. The molecule has 0 radical (unpaired) electrons. The van der Waals surface area contributed by atoms with Crippen LogP contribution in [0.1, 0.15) is 12.5 Å². The number of nitrogens with zero attached hydrogens (tertiary/aromatic N) is 4. The van der Waals surface area contributed by atoms with Crippen LogP contribution in [0, 0.1) is 5.82 Å². The maximum Gasteiger partial charge on any atom is 0.213 e. The molecule has 0 saturated carbocycles. The van der Waals surface area contributed by atoms with Crippen LogP contribution in [0.2, 0.25) is 0 Å². The summed E-state index contributed by atoms with van der Waals surface area (Å²) in [5.41, 5.74) is 0.926. The number of aryl methyl sites for hydroxylation is 1. The number of halogens is 1. The molecule has 0 bridgehead atoms. The molecular formula is C11H14FN5S. The van der Waals surface area contributed by atoms with Crippen molar-refractivity contribution in [3.05, 3.63) is 29.6 Å². The molecule has 5 nitrogen and oxygen atoms in total. The van der Waals surface area contributed by atoms with Gasteiger partial charge in [-0.3, -0.25) is 0 Å². The third-order valence-electron chi connectivity index (χ3n) is 2.36. The predicted octanol–water partition coefficient (Wildman–Crippen LogP) is 1.61. The van der Waals surface area contributed by atoms with E-state index >= 15 is 0 Å². The van der Waals surface area contributed by atoms with Gasteiger partial charge in [-0.15, -0.1) is 5.10 Å². The maximum absolute atomic E-state index is 13.9. The van der Waals surface area contributed by atoms with Gasteiger partial charge in [0.15, 0.2) is 0 Å². The van der Waals surface area contributed by atoms with Crippen molar-refractivity contribution in [3.63, 3.8) is 0 Å². The van der Waals surface area contributed by atoms with Crippen molar-refractivity contribution in [2.75, 3.05) is 6.54 Å². The molecule has 0 saturated heterocycles. The summed E-state index contributed by atoms with van der Waals surface area (Å²) in [4.78, 5) is 0.521. The number of hydrogen-bond donors (Lipinski definition) is 1. The largest absolute Gasteiger partial charge is 0.313 e. The van der Waals surface area contributed by atoms with Crippen LogP contribution in [0.5, 0.6) is 0 Å². The molecule has 0 spiro atoms. The average molecular weight is 267 g/mol. The Hall–Kier alpha value is -1.47. The minimum absolute atomic E-state index is 0.251. The van der Waals surface area contributed by atoms with E-state index in [0.717, 1.165) is 12.1 Å². The van der Waals surface area contributed by atoms with Crippen molar-refractivity contribution in [2.24, 2.45) is 7.05 Å². The molecule has 96 valence electrons.